The first-order valence-corrected chi connectivity index (χ1v) is 4.12. The molecule has 0 aliphatic heterocycles. The molecule has 0 aromatic carbocycles. The van der Waals surface area contributed by atoms with E-state index in [0.717, 1.165) is 13.1 Å². The maximum atomic E-state index is 5.10. The SMILES string of the molecule is C#CCN(I)CCCC. The molecule has 0 rings (SSSR count). The molecule has 0 bridgehead atoms. The molecule has 0 spiro atoms. The van der Waals surface area contributed by atoms with Crippen LogP contribution in [-0.2, 0) is 0 Å². The molecule has 52 valence electrons. The van der Waals surface area contributed by atoms with Crippen LogP contribution in [0.3, 0.4) is 0 Å². The summed E-state index contributed by atoms with van der Waals surface area (Å²) in [6, 6.07) is 0. The number of hydrogen-bond donors (Lipinski definition) is 0. The summed E-state index contributed by atoms with van der Waals surface area (Å²) < 4.78 is 2.13. The third kappa shape index (κ3) is 6.13. The summed E-state index contributed by atoms with van der Waals surface area (Å²) in [7, 11) is 0. The fourth-order valence-electron chi connectivity index (χ4n) is 0.508. The molecular formula is C7H12IN. The monoisotopic (exact) mass is 237 g/mol. The summed E-state index contributed by atoms with van der Waals surface area (Å²) in [6.45, 7) is 4.06. The second kappa shape index (κ2) is 6.37. The molecule has 0 aliphatic carbocycles. The lowest BCUT2D eigenvalue weighted by Gasteiger charge is -2.07. The number of hydrogen-bond acceptors (Lipinski definition) is 1. The van der Waals surface area contributed by atoms with Crippen LogP contribution >= 0.6 is 22.9 Å². The van der Waals surface area contributed by atoms with Crippen LogP contribution in [0.1, 0.15) is 19.8 Å². The van der Waals surface area contributed by atoms with Crippen LogP contribution in [0.5, 0.6) is 0 Å². The summed E-state index contributed by atoms with van der Waals surface area (Å²) in [6.07, 6.45) is 7.59. The average molecular weight is 237 g/mol. The maximum absolute atomic E-state index is 5.10. The van der Waals surface area contributed by atoms with E-state index in [2.05, 4.69) is 38.8 Å². The molecule has 0 amide bonds. The minimum Gasteiger partial charge on any atom is -0.236 e. The normalized spacial score (nSPS) is 9.56. The van der Waals surface area contributed by atoms with Gasteiger partial charge in [0.15, 0.2) is 0 Å². The van der Waals surface area contributed by atoms with Crippen LogP contribution in [0.15, 0.2) is 0 Å². The van der Waals surface area contributed by atoms with E-state index in [9.17, 15) is 0 Å². The fraction of sp³-hybridized carbons (Fsp3) is 0.714. The quantitative estimate of drug-likeness (QED) is 0.411. The lowest BCUT2D eigenvalue weighted by molar-refractivity contribution is 0.541. The Morgan fingerprint density at radius 2 is 2.33 bits per heavy atom. The van der Waals surface area contributed by atoms with Crippen molar-refractivity contribution in [3.05, 3.63) is 0 Å². The van der Waals surface area contributed by atoms with Gasteiger partial charge in [0.2, 0.25) is 0 Å². The van der Waals surface area contributed by atoms with Crippen LogP contribution in [0.25, 0.3) is 0 Å². The Kier molecular flexibility index (Phi) is 6.55. The molecule has 0 saturated carbocycles. The predicted octanol–water partition coefficient (Wildman–Crippen LogP) is 2.07. The van der Waals surface area contributed by atoms with Crippen molar-refractivity contribution in [2.75, 3.05) is 13.1 Å². The van der Waals surface area contributed by atoms with Gasteiger partial charge in [0.05, 0.1) is 6.54 Å². The zero-order valence-corrected chi connectivity index (χ0v) is 7.89. The summed E-state index contributed by atoms with van der Waals surface area (Å²) in [5.41, 5.74) is 0. The number of terminal acetylenes is 1. The first kappa shape index (κ1) is 9.25. The van der Waals surface area contributed by atoms with E-state index < -0.39 is 0 Å². The molecule has 1 nitrogen and oxygen atoms in total. The van der Waals surface area contributed by atoms with Gasteiger partial charge in [0, 0.05) is 29.4 Å². The van der Waals surface area contributed by atoms with Crippen molar-refractivity contribution in [2.45, 2.75) is 19.8 Å². The average Bonchev–Trinajstić information content (AvgIpc) is 1.85. The van der Waals surface area contributed by atoms with Crippen molar-refractivity contribution in [3.63, 3.8) is 0 Å². The van der Waals surface area contributed by atoms with Crippen molar-refractivity contribution < 1.29 is 0 Å². The Morgan fingerprint density at radius 3 is 2.78 bits per heavy atom. The molecule has 2 heteroatoms. The molecule has 0 aliphatic rings. The van der Waals surface area contributed by atoms with Gasteiger partial charge in [-0.2, -0.15) is 0 Å². The molecule has 0 aromatic heterocycles. The number of unbranched alkanes of at least 4 members (excludes halogenated alkanes) is 1. The summed E-state index contributed by atoms with van der Waals surface area (Å²) in [4.78, 5) is 0. The van der Waals surface area contributed by atoms with Gasteiger partial charge in [-0.1, -0.05) is 19.3 Å². The van der Waals surface area contributed by atoms with E-state index in [0.29, 0.717) is 0 Å². The van der Waals surface area contributed by atoms with E-state index in [1.807, 2.05) is 0 Å². The fourth-order valence-corrected chi connectivity index (χ4v) is 1.05. The van der Waals surface area contributed by atoms with Crippen LogP contribution in [0.4, 0.5) is 0 Å². The molecule has 0 N–H and O–H groups in total. The molecular weight excluding hydrogens is 225 g/mol. The van der Waals surface area contributed by atoms with Crippen molar-refractivity contribution in [3.8, 4) is 12.3 Å². The molecule has 0 unspecified atom stereocenters. The largest absolute Gasteiger partial charge is 0.236 e. The molecule has 0 saturated heterocycles. The Hall–Kier alpha value is 0.250. The number of nitrogens with zero attached hydrogens (tertiary/aromatic N) is 1. The molecule has 0 atom stereocenters. The van der Waals surface area contributed by atoms with Crippen LogP contribution in [0, 0.1) is 12.3 Å². The Bertz CT molecular complexity index is 95.6. The van der Waals surface area contributed by atoms with E-state index in [1.54, 1.807) is 0 Å². The Morgan fingerprint density at radius 1 is 1.67 bits per heavy atom. The molecule has 0 heterocycles. The van der Waals surface area contributed by atoms with Gasteiger partial charge in [0.1, 0.15) is 0 Å². The van der Waals surface area contributed by atoms with Crippen LogP contribution in [-0.4, -0.2) is 16.2 Å². The van der Waals surface area contributed by atoms with E-state index in [4.69, 9.17) is 6.42 Å². The molecule has 0 aromatic rings. The lowest BCUT2D eigenvalue weighted by Crippen LogP contribution is -2.12. The highest BCUT2D eigenvalue weighted by atomic mass is 127. The summed E-state index contributed by atoms with van der Waals surface area (Å²) >= 11 is 2.26. The summed E-state index contributed by atoms with van der Waals surface area (Å²) in [5, 5.41) is 0. The lowest BCUT2D eigenvalue weighted by atomic mass is 10.3. The second-order valence-corrected chi connectivity index (χ2v) is 3.27. The van der Waals surface area contributed by atoms with Gasteiger partial charge < -0.3 is 0 Å². The van der Waals surface area contributed by atoms with E-state index in [-0.39, 0.29) is 0 Å². The Balaban J connectivity index is 3.08. The van der Waals surface area contributed by atoms with Crippen molar-refractivity contribution in [2.24, 2.45) is 0 Å². The van der Waals surface area contributed by atoms with E-state index >= 15 is 0 Å². The first-order valence-electron chi connectivity index (χ1n) is 3.15. The topological polar surface area (TPSA) is 3.24 Å². The highest BCUT2D eigenvalue weighted by Crippen LogP contribution is 1.99. The van der Waals surface area contributed by atoms with Crippen molar-refractivity contribution >= 4 is 22.9 Å². The van der Waals surface area contributed by atoms with Gasteiger partial charge in [-0.15, -0.1) is 6.42 Å². The smallest absolute Gasteiger partial charge is 0.0690 e. The van der Waals surface area contributed by atoms with Gasteiger partial charge in [-0.05, 0) is 6.42 Å². The van der Waals surface area contributed by atoms with Gasteiger partial charge in [0.25, 0.3) is 0 Å². The second-order valence-electron chi connectivity index (χ2n) is 1.90. The van der Waals surface area contributed by atoms with Crippen molar-refractivity contribution in [1.82, 2.24) is 3.11 Å². The van der Waals surface area contributed by atoms with Gasteiger partial charge in [-0.3, -0.25) is 0 Å². The van der Waals surface area contributed by atoms with E-state index in [1.165, 1.54) is 12.8 Å². The summed E-state index contributed by atoms with van der Waals surface area (Å²) in [5.74, 6) is 2.59. The number of rotatable bonds is 4. The Labute approximate surface area is 71.3 Å². The zero-order chi connectivity index (χ0) is 7.11. The number of halogens is 1. The molecule has 0 radical (unpaired) electrons. The highest BCUT2D eigenvalue weighted by molar-refractivity contribution is 14.1. The minimum atomic E-state index is 0.764. The van der Waals surface area contributed by atoms with Crippen molar-refractivity contribution in [1.29, 1.82) is 0 Å². The molecule has 0 fully saturated rings. The van der Waals surface area contributed by atoms with Crippen LogP contribution < -0.4 is 0 Å². The zero-order valence-electron chi connectivity index (χ0n) is 5.73. The maximum Gasteiger partial charge on any atom is 0.0690 e. The highest BCUT2D eigenvalue weighted by Gasteiger charge is 1.93. The first-order chi connectivity index (χ1) is 4.31. The standard InChI is InChI=1S/C7H12IN/c1-3-5-7-9(8)6-4-2/h2H,3,5-7H2,1H3. The minimum absolute atomic E-state index is 0.764. The molecule has 9 heavy (non-hydrogen) atoms. The third-order valence-electron chi connectivity index (χ3n) is 1.02. The van der Waals surface area contributed by atoms with Crippen LogP contribution in [0.2, 0.25) is 0 Å². The van der Waals surface area contributed by atoms with Gasteiger partial charge >= 0.3 is 0 Å². The van der Waals surface area contributed by atoms with Gasteiger partial charge in [-0.25, -0.2) is 3.11 Å². The third-order valence-corrected chi connectivity index (χ3v) is 1.84. The predicted molar refractivity (Wildman–Crippen MR) is 49.3 cm³/mol.